The van der Waals surface area contributed by atoms with Crippen molar-refractivity contribution in [1.82, 2.24) is 4.98 Å². The molecule has 0 radical (unpaired) electrons. The lowest BCUT2D eigenvalue weighted by molar-refractivity contribution is 0.198. The molecular weight excluding hydrogens is 233 g/mol. The summed E-state index contributed by atoms with van der Waals surface area (Å²) >= 11 is 0. The molecule has 0 saturated heterocycles. The Labute approximate surface area is 105 Å². The number of nitrogens with zero attached hydrogens (tertiary/aromatic N) is 1. The van der Waals surface area contributed by atoms with Crippen molar-refractivity contribution >= 4 is 0 Å². The Morgan fingerprint density at radius 2 is 2.06 bits per heavy atom. The Balaban J connectivity index is 2.21. The maximum Gasteiger partial charge on any atom is 0.219 e. The van der Waals surface area contributed by atoms with Gasteiger partial charge in [0, 0.05) is 18.3 Å². The molecular formula is C14H14FNO2. The fourth-order valence-electron chi connectivity index (χ4n) is 1.50. The molecule has 0 amide bonds. The second-order valence-corrected chi connectivity index (χ2v) is 4.12. The van der Waals surface area contributed by atoms with Crippen LogP contribution in [0.4, 0.5) is 4.39 Å². The molecule has 1 heterocycles. The van der Waals surface area contributed by atoms with Crippen molar-refractivity contribution in [3.8, 4) is 11.6 Å². The predicted molar refractivity (Wildman–Crippen MR) is 66.1 cm³/mol. The smallest absolute Gasteiger partial charge is 0.219 e. The summed E-state index contributed by atoms with van der Waals surface area (Å²) in [5.74, 6) is 0.455. The van der Waals surface area contributed by atoms with E-state index in [9.17, 15) is 9.50 Å². The van der Waals surface area contributed by atoms with Gasteiger partial charge in [-0.3, -0.25) is 0 Å². The van der Waals surface area contributed by atoms with Crippen LogP contribution in [-0.4, -0.2) is 10.1 Å². The highest BCUT2D eigenvalue weighted by Crippen LogP contribution is 2.25. The van der Waals surface area contributed by atoms with Crippen LogP contribution in [0.15, 0.2) is 36.5 Å². The number of ether oxygens (including phenoxy) is 1. The summed E-state index contributed by atoms with van der Waals surface area (Å²) < 4.78 is 18.6. The molecule has 0 aliphatic rings. The standard InChI is InChI=1S/C14H14FNO2/c1-9-3-5-12(15)7-13(9)18-14-6-4-11(8-16-14)10(2)17/h3-8,10,17H,1-2H3/t10-/m1/s1. The summed E-state index contributed by atoms with van der Waals surface area (Å²) in [6, 6.07) is 7.72. The van der Waals surface area contributed by atoms with Gasteiger partial charge in [0.2, 0.25) is 5.88 Å². The van der Waals surface area contributed by atoms with Crippen molar-refractivity contribution < 1.29 is 14.2 Å². The van der Waals surface area contributed by atoms with E-state index in [2.05, 4.69) is 4.98 Å². The lowest BCUT2D eigenvalue weighted by atomic mass is 10.2. The molecule has 2 aromatic rings. The number of aliphatic hydroxyl groups excluding tert-OH is 1. The highest BCUT2D eigenvalue weighted by molar-refractivity contribution is 5.35. The third-order valence-electron chi connectivity index (χ3n) is 2.61. The zero-order chi connectivity index (χ0) is 13.1. The summed E-state index contributed by atoms with van der Waals surface area (Å²) in [4.78, 5) is 4.06. The first-order chi connectivity index (χ1) is 8.56. The number of hydrogen-bond donors (Lipinski definition) is 1. The van der Waals surface area contributed by atoms with Gasteiger partial charge in [-0.05, 0) is 37.1 Å². The van der Waals surface area contributed by atoms with Gasteiger partial charge in [-0.1, -0.05) is 6.07 Å². The largest absolute Gasteiger partial charge is 0.439 e. The van der Waals surface area contributed by atoms with Crippen LogP contribution in [0.5, 0.6) is 11.6 Å². The van der Waals surface area contributed by atoms with Gasteiger partial charge in [-0.2, -0.15) is 0 Å². The Morgan fingerprint density at radius 1 is 1.28 bits per heavy atom. The van der Waals surface area contributed by atoms with Gasteiger partial charge in [0.15, 0.2) is 0 Å². The van der Waals surface area contributed by atoms with Crippen molar-refractivity contribution in [1.29, 1.82) is 0 Å². The Kier molecular flexibility index (Phi) is 3.58. The van der Waals surface area contributed by atoms with Crippen molar-refractivity contribution in [2.45, 2.75) is 20.0 Å². The topological polar surface area (TPSA) is 42.4 Å². The minimum absolute atomic E-state index is 0.351. The summed E-state index contributed by atoms with van der Waals surface area (Å²) in [5.41, 5.74) is 1.54. The molecule has 4 heteroatoms. The van der Waals surface area contributed by atoms with Crippen LogP contribution in [0.2, 0.25) is 0 Å². The average Bonchev–Trinajstić information content (AvgIpc) is 2.34. The van der Waals surface area contributed by atoms with Gasteiger partial charge in [-0.15, -0.1) is 0 Å². The minimum Gasteiger partial charge on any atom is -0.439 e. The molecule has 0 unspecified atom stereocenters. The van der Waals surface area contributed by atoms with Crippen LogP contribution in [0.3, 0.4) is 0 Å². The maximum absolute atomic E-state index is 13.1. The van der Waals surface area contributed by atoms with E-state index in [1.807, 2.05) is 6.92 Å². The fraction of sp³-hybridized carbons (Fsp3) is 0.214. The molecule has 0 bridgehead atoms. The monoisotopic (exact) mass is 247 g/mol. The lowest BCUT2D eigenvalue weighted by Gasteiger charge is -2.09. The number of aliphatic hydroxyl groups is 1. The van der Waals surface area contributed by atoms with E-state index in [1.54, 1.807) is 25.1 Å². The number of rotatable bonds is 3. The lowest BCUT2D eigenvalue weighted by Crippen LogP contribution is -1.95. The second kappa shape index (κ2) is 5.14. The molecule has 1 atom stereocenters. The molecule has 0 fully saturated rings. The number of aromatic nitrogens is 1. The third-order valence-corrected chi connectivity index (χ3v) is 2.61. The normalized spacial score (nSPS) is 12.2. The zero-order valence-electron chi connectivity index (χ0n) is 10.2. The van der Waals surface area contributed by atoms with Crippen LogP contribution in [0, 0.1) is 12.7 Å². The maximum atomic E-state index is 13.1. The quantitative estimate of drug-likeness (QED) is 0.904. The van der Waals surface area contributed by atoms with E-state index < -0.39 is 6.10 Å². The van der Waals surface area contributed by atoms with E-state index in [0.717, 1.165) is 5.56 Å². The Bertz CT molecular complexity index is 538. The predicted octanol–water partition coefficient (Wildman–Crippen LogP) is 3.37. The molecule has 1 aromatic heterocycles. The van der Waals surface area contributed by atoms with E-state index in [4.69, 9.17) is 4.74 Å². The van der Waals surface area contributed by atoms with Crippen LogP contribution in [0.1, 0.15) is 24.2 Å². The SMILES string of the molecule is Cc1ccc(F)cc1Oc1ccc([C@@H](C)O)cn1. The zero-order valence-corrected chi connectivity index (χ0v) is 10.2. The number of benzene rings is 1. The second-order valence-electron chi connectivity index (χ2n) is 4.12. The van der Waals surface area contributed by atoms with Gasteiger partial charge in [0.25, 0.3) is 0 Å². The molecule has 1 N–H and O–H groups in total. The molecule has 0 saturated carbocycles. The number of pyridine rings is 1. The molecule has 2 rings (SSSR count). The van der Waals surface area contributed by atoms with E-state index in [1.165, 1.54) is 18.3 Å². The van der Waals surface area contributed by atoms with Crippen LogP contribution < -0.4 is 4.74 Å². The molecule has 3 nitrogen and oxygen atoms in total. The number of halogens is 1. The van der Waals surface area contributed by atoms with Crippen molar-refractivity contribution in [3.05, 3.63) is 53.5 Å². The first-order valence-electron chi connectivity index (χ1n) is 5.64. The minimum atomic E-state index is -0.567. The summed E-state index contributed by atoms with van der Waals surface area (Å²) in [5, 5.41) is 9.35. The summed E-state index contributed by atoms with van der Waals surface area (Å²) in [7, 11) is 0. The van der Waals surface area contributed by atoms with Gasteiger partial charge in [0.1, 0.15) is 11.6 Å². The Hall–Kier alpha value is -1.94. The average molecular weight is 247 g/mol. The highest BCUT2D eigenvalue weighted by Gasteiger charge is 2.06. The summed E-state index contributed by atoms with van der Waals surface area (Å²) in [6.07, 6.45) is 0.969. The first kappa shape index (κ1) is 12.5. The van der Waals surface area contributed by atoms with Crippen LogP contribution in [0.25, 0.3) is 0 Å². The molecule has 18 heavy (non-hydrogen) atoms. The van der Waals surface area contributed by atoms with Gasteiger partial charge in [0.05, 0.1) is 6.10 Å². The van der Waals surface area contributed by atoms with Gasteiger partial charge < -0.3 is 9.84 Å². The molecule has 1 aromatic carbocycles. The number of aryl methyl sites for hydroxylation is 1. The molecule has 0 aliphatic carbocycles. The van der Waals surface area contributed by atoms with Gasteiger partial charge in [-0.25, -0.2) is 9.37 Å². The first-order valence-corrected chi connectivity index (χ1v) is 5.64. The molecule has 94 valence electrons. The highest BCUT2D eigenvalue weighted by atomic mass is 19.1. The van der Waals surface area contributed by atoms with Crippen molar-refractivity contribution in [2.24, 2.45) is 0 Å². The van der Waals surface area contributed by atoms with Crippen molar-refractivity contribution in [3.63, 3.8) is 0 Å². The third kappa shape index (κ3) is 2.84. The van der Waals surface area contributed by atoms with Gasteiger partial charge >= 0.3 is 0 Å². The van der Waals surface area contributed by atoms with Crippen LogP contribution in [-0.2, 0) is 0 Å². The van der Waals surface area contributed by atoms with Crippen molar-refractivity contribution in [2.75, 3.05) is 0 Å². The van der Waals surface area contributed by atoms with E-state index >= 15 is 0 Å². The van der Waals surface area contributed by atoms with E-state index in [0.29, 0.717) is 17.2 Å². The number of hydrogen-bond acceptors (Lipinski definition) is 3. The Morgan fingerprint density at radius 3 is 2.67 bits per heavy atom. The van der Waals surface area contributed by atoms with E-state index in [-0.39, 0.29) is 5.82 Å². The summed E-state index contributed by atoms with van der Waals surface area (Å²) in [6.45, 7) is 3.49. The molecule has 0 aliphatic heterocycles. The molecule has 0 spiro atoms. The van der Waals surface area contributed by atoms with Crippen LogP contribution >= 0.6 is 0 Å². The fourth-order valence-corrected chi connectivity index (χ4v) is 1.50.